The van der Waals surface area contributed by atoms with Crippen molar-refractivity contribution in [3.63, 3.8) is 0 Å². The Bertz CT molecular complexity index is 687. The molecule has 0 amide bonds. The molecular formula is C13H12N4O3. The Morgan fingerprint density at radius 3 is 2.85 bits per heavy atom. The third-order valence-corrected chi connectivity index (χ3v) is 2.71. The van der Waals surface area contributed by atoms with Crippen molar-refractivity contribution in [2.75, 3.05) is 5.32 Å². The van der Waals surface area contributed by atoms with Gasteiger partial charge in [-0.25, -0.2) is 4.98 Å². The summed E-state index contributed by atoms with van der Waals surface area (Å²) in [6, 6.07) is 5.80. The smallest absolute Gasteiger partial charge is 0.293 e. The monoisotopic (exact) mass is 272 g/mol. The van der Waals surface area contributed by atoms with Gasteiger partial charge < -0.3 is 9.73 Å². The molecule has 0 spiro atoms. The molecule has 7 heteroatoms. The molecule has 0 fully saturated rings. The molecule has 1 heterocycles. The average molecular weight is 272 g/mol. The Morgan fingerprint density at radius 2 is 2.30 bits per heavy atom. The third kappa shape index (κ3) is 2.75. The van der Waals surface area contributed by atoms with Gasteiger partial charge in [0.05, 0.1) is 22.8 Å². The molecule has 0 radical (unpaired) electrons. The van der Waals surface area contributed by atoms with Crippen molar-refractivity contribution in [3.05, 3.63) is 51.7 Å². The summed E-state index contributed by atoms with van der Waals surface area (Å²) in [6.45, 7) is 3.56. The third-order valence-electron chi connectivity index (χ3n) is 2.71. The largest absolute Gasteiger partial charge is 0.444 e. The van der Waals surface area contributed by atoms with E-state index in [1.165, 1.54) is 18.2 Å². The molecular weight excluding hydrogens is 260 g/mol. The number of hydrogen-bond acceptors (Lipinski definition) is 6. The van der Waals surface area contributed by atoms with Gasteiger partial charge in [0.2, 0.25) is 5.89 Å². The molecule has 7 nitrogen and oxygen atoms in total. The Hall–Kier alpha value is -2.88. The molecule has 0 aliphatic rings. The Kier molecular flexibility index (Phi) is 3.66. The fourth-order valence-electron chi connectivity index (χ4n) is 1.74. The van der Waals surface area contributed by atoms with Crippen molar-refractivity contribution in [2.45, 2.75) is 19.9 Å². The Labute approximate surface area is 115 Å². The Balaban J connectivity index is 2.29. The van der Waals surface area contributed by atoms with E-state index in [-0.39, 0.29) is 17.3 Å². The SMILES string of the molecule is Cc1cnc(C(C)Nc2ccc(C#N)cc2[N+](=O)[O-])o1. The van der Waals surface area contributed by atoms with Crippen LogP contribution in [0.5, 0.6) is 0 Å². The van der Waals surface area contributed by atoms with Crippen molar-refractivity contribution in [1.29, 1.82) is 5.26 Å². The maximum atomic E-state index is 11.0. The minimum atomic E-state index is -0.531. The summed E-state index contributed by atoms with van der Waals surface area (Å²) in [5.41, 5.74) is 0.401. The quantitative estimate of drug-likeness (QED) is 0.677. The fraction of sp³-hybridized carbons (Fsp3) is 0.231. The van der Waals surface area contributed by atoms with Gasteiger partial charge in [0.1, 0.15) is 17.5 Å². The first-order valence-corrected chi connectivity index (χ1v) is 5.88. The predicted octanol–water partition coefficient (Wildman–Crippen LogP) is 2.94. The van der Waals surface area contributed by atoms with Crippen LogP contribution in [0, 0.1) is 28.4 Å². The highest BCUT2D eigenvalue weighted by atomic mass is 16.6. The summed E-state index contributed by atoms with van der Waals surface area (Å²) in [7, 11) is 0. The van der Waals surface area contributed by atoms with Crippen molar-refractivity contribution >= 4 is 11.4 Å². The van der Waals surface area contributed by atoms with Crippen molar-refractivity contribution in [1.82, 2.24) is 4.98 Å². The normalized spacial score (nSPS) is 11.7. The van der Waals surface area contributed by atoms with Gasteiger partial charge in [0.25, 0.3) is 5.69 Å². The van der Waals surface area contributed by atoms with Crippen LogP contribution in [0.4, 0.5) is 11.4 Å². The predicted molar refractivity (Wildman–Crippen MR) is 71.1 cm³/mol. The minimum absolute atomic E-state index is 0.154. The van der Waals surface area contributed by atoms with Gasteiger partial charge in [-0.1, -0.05) is 0 Å². The van der Waals surface area contributed by atoms with Crippen molar-refractivity contribution in [3.8, 4) is 6.07 Å². The van der Waals surface area contributed by atoms with E-state index in [4.69, 9.17) is 9.68 Å². The second kappa shape index (κ2) is 5.40. The second-order valence-electron chi connectivity index (χ2n) is 4.28. The number of nitro benzene ring substituents is 1. The van der Waals surface area contributed by atoms with Gasteiger partial charge in [-0.05, 0) is 26.0 Å². The van der Waals surface area contributed by atoms with E-state index in [2.05, 4.69) is 10.3 Å². The highest BCUT2D eigenvalue weighted by Gasteiger charge is 2.19. The minimum Gasteiger partial charge on any atom is -0.444 e. The molecule has 1 aromatic heterocycles. The molecule has 0 saturated heterocycles. The van der Waals surface area contributed by atoms with Crippen LogP contribution in [0.2, 0.25) is 0 Å². The van der Waals surface area contributed by atoms with E-state index in [9.17, 15) is 10.1 Å². The molecule has 0 saturated carbocycles. The first-order chi connectivity index (χ1) is 9.51. The number of benzene rings is 1. The molecule has 0 aliphatic carbocycles. The van der Waals surface area contributed by atoms with Crippen molar-refractivity contribution in [2.24, 2.45) is 0 Å². The lowest BCUT2D eigenvalue weighted by atomic mass is 10.1. The molecule has 1 aromatic carbocycles. The summed E-state index contributed by atoms with van der Waals surface area (Å²) in [5, 5.41) is 22.8. The maximum absolute atomic E-state index is 11.0. The molecule has 1 N–H and O–H groups in total. The lowest BCUT2D eigenvalue weighted by molar-refractivity contribution is -0.384. The van der Waals surface area contributed by atoms with E-state index in [1.807, 2.05) is 6.07 Å². The zero-order valence-electron chi connectivity index (χ0n) is 11.0. The molecule has 0 aliphatic heterocycles. The van der Waals surface area contributed by atoms with Crippen LogP contribution in [-0.4, -0.2) is 9.91 Å². The summed E-state index contributed by atoms with van der Waals surface area (Å²) in [5.74, 6) is 1.11. The second-order valence-corrected chi connectivity index (χ2v) is 4.28. The van der Waals surface area contributed by atoms with Crippen molar-refractivity contribution < 1.29 is 9.34 Å². The van der Waals surface area contributed by atoms with Gasteiger partial charge in [0, 0.05) is 6.07 Å². The number of aromatic nitrogens is 1. The zero-order chi connectivity index (χ0) is 14.7. The molecule has 20 heavy (non-hydrogen) atoms. The highest BCUT2D eigenvalue weighted by molar-refractivity contribution is 5.64. The van der Waals surface area contributed by atoms with E-state index in [0.717, 1.165) is 0 Å². The maximum Gasteiger partial charge on any atom is 0.293 e. The topological polar surface area (TPSA) is 105 Å². The zero-order valence-corrected chi connectivity index (χ0v) is 11.0. The van der Waals surface area contributed by atoms with E-state index in [0.29, 0.717) is 17.3 Å². The van der Waals surface area contributed by atoms with Gasteiger partial charge in [0.15, 0.2) is 0 Å². The molecule has 1 atom stereocenters. The van der Waals surface area contributed by atoms with Gasteiger partial charge in [-0.2, -0.15) is 5.26 Å². The lowest BCUT2D eigenvalue weighted by Crippen LogP contribution is -2.08. The lowest BCUT2D eigenvalue weighted by Gasteiger charge is -2.12. The van der Waals surface area contributed by atoms with E-state index < -0.39 is 4.92 Å². The number of rotatable bonds is 4. The van der Waals surface area contributed by atoms with Gasteiger partial charge >= 0.3 is 0 Å². The molecule has 2 rings (SSSR count). The number of anilines is 1. The van der Waals surface area contributed by atoms with Gasteiger partial charge in [-0.3, -0.25) is 10.1 Å². The highest BCUT2D eigenvalue weighted by Crippen LogP contribution is 2.28. The fourth-order valence-corrected chi connectivity index (χ4v) is 1.74. The first-order valence-electron chi connectivity index (χ1n) is 5.88. The average Bonchev–Trinajstić information content (AvgIpc) is 2.85. The van der Waals surface area contributed by atoms with Crippen LogP contribution in [0.15, 0.2) is 28.8 Å². The Morgan fingerprint density at radius 1 is 1.55 bits per heavy atom. The van der Waals surface area contributed by atoms with E-state index >= 15 is 0 Å². The molecule has 2 aromatic rings. The molecule has 102 valence electrons. The molecule has 1 unspecified atom stereocenters. The summed E-state index contributed by atoms with van der Waals surface area (Å²) >= 11 is 0. The van der Waals surface area contributed by atoms with Crippen LogP contribution in [0.1, 0.15) is 30.2 Å². The number of nitrogens with one attached hydrogen (secondary N) is 1. The number of nitriles is 1. The molecule has 0 bridgehead atoms. The number of aryl methyl sites for hydroxylation is 1. The van der Waals surface area contributed by atoms with Crippen LogP contribution in [0.25, 0.3) is 0 Å². The van der Waals surface area contributed by atoms with Gasteiger partial charge in [-0.15, -0.1) is 0 Å². The van der Waals surface area contributed by atoms with Crippen LogP contribution in [-0.2, 0) is 0 Å². The number of nitrogens with zero attached hydrogens (tertiary/aromatic N) is 3. The first kappa shape index (κ1) is 13.5. The summed E-state index contributed by atoms with van der Waals surface area (Å²) in [4.78, 5) is 14.6. The standard InChI is InChI=1S/C13H12N4O3/c1-8-7-15-13(20-8)9(2)16-11-4-3-10(6-14)5-12(11)17(18)19/h3-5,7,9,16H,1-2H3. The summed E-state index contributed by atoms with van der Waals surface area (Å²) < 4.78 is 5.37. The van der Waals surface area contributed by atoms with Crippen LogP contribution < -0.4 is 5.32 Å². The van der Waals surface area contributed by atoms with E-state index in [1.54, 1.807) is 20.0 Å². The number of hydrogen-bond donors (Lipinski definition) is 1. The number of oxazole rings is 1. The van der Waals surface area contributed by atoms with Crippen LogP contribution in [0.3, 0.4) is 0 Å². The summed E-state index contributed by atoms with van der Waals surface area (Å²) in [6.07, 6.45) is 1.58. The number of nitro groups is 1. The van der Waals surface area contributed by atoms with Crippen LogP contribution >= 0.6 is 0 Å².